The summed E-state index contributed by atoms with van der Waals surface area (Å²) in [5.41, 5.74) is 0.569. The second-order valence-electron chi connectivity index (χ2n) is 6.64. The van der Waals surface area contributed by atoms with Gasteiger partial charge < -0.3 is 9.64 Å². The average Bonchev–Trinajstić information content (AvgIpc) is 2.94. The van der Waals surface area contributed by atoms with E-state index in [0.29, 0.717) is 23.0 Å². The van der Waals surface area contributed by atoms with E-state index in [1.165, 1.54) is 0 Å². The van der Waals surface area contributed by atoms with Crippen LogP contribution in [0.4, 0.5) is 5.95 Å². The fourth-order valence-electron chi connectivity index (χ4n) is 4.22. The van der Waals surface area contributed by atoms with Gasteiger partial charge in [-0.15, -0.1) is 0 Å². The molecule has 2 heterocycles. The topological polar surface area (TPSA) is 76.0 Å². The number of H-pyrrole nitrogens is 1. The first-order valence-corrected chi connectivity index (χ1v) is 8.74. The number of aryl methyl sites for hydroxylation is 1. The Hall–Kier alpha value is -1.89. The maximum Gasteiger partial charge on any atom is 0.263 e. The third-order valence-corrected chi connectivity index (χ3v) is 5.82. The van der Waals surface area contributed by atoms with Gasteiger partial charge in [0, 0.05) is 32.2 Å². The predicted molar refractivity (Wildman–Crippen MR) is 94.4 cm³/mol. The third kappa shape index (κ3) is 2.33. The van der Waals surface area contributed by atoms with Crippen LogP contribution in [0.1, 0.15) is 40.0 Å². The van der Waals surface area contributed by atoms with E-state index < -0.39 is 0 Å². The lowest BCUT2D eigenvalue weighted by atomic mass is 9.58. The highest BCUT2D eigenvalue weighted by atomic mass is 16.5. The van der Waals surface area contributed by atoms with Crippen LogP contribution < -0.4 is 10.5 Å². The van der Waals surface area contributed by atoms with Crippen molar-refractivity contribution in [2.75, 3.05) is 18.6 Å². The molecule has 1 aliphatic carbocycles. The van der Waals surface area contributed by atoms with Crippen molar-refractivity contribution in [3.8, 4) is 0 Å². The first-order valence-electron chi connectivity index (χ1n) is 8.74. The van der Waals surface area contributed by atoms with Gasteiger partial charge in [-0.3, -0.25) is 14.5 Å². The predicted octanol–water partition coefficient (Wildman–Crippen LogP) is 2.08. The molecule has 132 valence electrons. The molecule has 2 aromatic rings. The molecule has 1 fully saturated rings. The number of anilines is 1. The van der Waals surface area contributed by atoms with Crippen LogP contribution in [-0.4, -0.2) is 45.5 Å². The van der Waals surface area contributed by atoms with Crippen LogP contribution in [0.3, 0.4) is 0 Å². The zero-order valence-corrected chi connectivity index (χ0v) is 15.2. The van der Waals surface area contributed by atoms with Crippen LogP contribution in [-0.2, 0) is 11.8 Å². The van der Waals surface area contributed by atoms with Crippen molar-refractivity contribution < 1.29 is 4.74 Å². The fraction of sp³-hybridized carbons (Fsp3) is 0.706. The van der Waals surface area contributed by atoms with Crippen LogP contribution >= 0.6 is 0 Å². The Morgan fingerprint density at radius 1 is 1.42 bits per heavy atom. The second kappa shape index (κ2) is 6.20. The second-order valence-corrected chi connectivity index (χ2v) is 6.64. The third-order valence-electron chi connectivity index (χ3n) is 5.82. The Labute approximate surface area is 142 Å². The molecular weight excluding hydrogens is 306 g/mol. The smallest absolute Gasteiger partial charge is 0.263 e. The van der Waals surface area contributed by atoms with Gasteiger partial charge in [0.25, 0.3) is 5.56 Å². The first-order chi connectivity index (χ1) is 11.5. The van der Waals surface area contributed by atoms with E-state index in [1.54, 1.807) is 17.9 Å². The quantitative estimate of drug-likeness (QED) is 0.876. The standard InChI is InChI=1S/C17H27N5O2/c1-6-17(7-2)12(9-13(17)24-8-3)21(4)16-19-14-11(15(23)20-16)10-18-22(14)5/h10,12-13H,6-9H2,1-5H3,(H,19,20,23)/t12-,13-/m1/s1. The van der Waals surface area contributed by atoms with Crippen LogP contribution in [0, 0.1) is 5.41 Å². The highest BCUT2D eigenvalue weighted by Gasteiger charge is 2.55. The zero-order chi connectivity index (χ0) is 17.5. The molecule has 0 radical (unpaired) electrons. The summed E-state index contributed by atoms with van der Waals surface area (Å²) in [7, 11) is 3.81. The van der Waals surface area contributed by atoms with Crippen molar-refractivity contribution in [1.29, 1.82) is 0 Å². The molecule has 0 aliphatic heterocycles. The monoisotopic (exact) mass is 333 g/mol. The van der Waals surface area contributed by atoms with E-state index in [0.717, 1.165) is 25.9 Å². The van der Waals surface area contributed by atoms with Gasteiger partial charge in [0.2, 0.25) is 5.95 Å². The van der Waals surface area contributed by atoms with Crippen LogP contribution in [0.15, 0.2) is 11.0 Å². The maximum absolute atomic E-state index is 12.3. The van der Waals surface area contributed by atoms with E-state index in [2.05, 4.69) is 33.8 Å². The molecule has 7 heteroatoms. The van der Waals surface area contributed by atoms with Gasteiger partial charge in [0.1, 0.15) is 5.39 Å². The number of aromatic nitrogens is 4. The van der Waals surface area contributed by atoms with Gasteiger partial charge in [-0.2, -0.15) is 10.1 Å². The van der Waals surface area contributed by atoms with E-state index >= 15 is 0 Å². The summed E-state index contributed by atoms with van der Waals surface area (Å²) in [6, 6.07) is 0.304. The number of nitrogens with zero attached hydrogens (tertiary/aromatic N) is 4. The molecule has 3 rings (SSSR count). The Kier molecular flexibility index (Phi) is 4.38. The van der Waals surface area contributed by atoms with Gasteiger partial charge >= 0.3 is 0 Å². The molecule has 0 spiro atoms. The molecule has 0 saturated heterocycles. The largest absolute Gasteiger partial charge is 0.378 e. The van der Waals surface area contributed by atoms with Crippen LogP contribution in [0.5, 0.6) is 0 Å². The van der Waals surface area contributed by atoms with Crippen LogP contribution in [0.25, 0.3) is 11.0 Å². The molecule has 1 N–H and O–H groups in total. The van der Waals surface area contributed by atoms with Gasteiger partial charge in [0.05, 0.1) is 12.3 Å². The van der Waals surface area contributed by atoms with Crippen molar-refractivity contribution in [1.82, 2.24) is 19.7 Å². The molecule has 24 heavy (non-hydrogen) atoms. The van der Waals surface area contributed by atoms with E-state index in [1.807, 2.05) is 14.0 Å². The molecule has 0 amide bonds. The SMILES string of the molecule is CCO[C@@H]1C[C@@H](N(C)c2nc3c(cnn3C)c(=O)[nH]2)C1(CC)CC. The Morgan fingerprint density at radius 2 is 2.12 bits per heavy atom. The van der Waals surface area contributed by atoms with Crippen molar-refractivity contribution in [2.45, 2.75) is 52.2 Å². The summed E-state index contributed by atoms with van der Waals surface area (Å²) >= 11 is 0. The Morgan fingerprint density at radius 3 is 2.75 bits per heavy atom. The Balaban J connectivity index is 1.95. The summed E-state index contributed by atoms with van der Waals surface area (Å²) in [5.74, 6) is 0.599. The number of nitrogens with one attached hydrogen (secondary N) is 1. The normalized spacial score (nSPS) is 22.5. The lowest BCUT2D eigenvalue weighted by molar-refractivity contribution is -0.128. The lowest BCUT2D eigenvalue weighted by Gasteiger charge is -2.58. The van der Waals surface area contributed by atoms with E-state index in [-0.39, 0.29) is 17.1 Å². The van der Waals surface area contributed by atoms with Crippen molar-refractivity contribution >= 4 is 17.0 Å². The van der Waals surface area contributed by atoms with Crippen LogP contribution in [0.2, 0.25) is 0 Å². The molecule has 2 aromatic heterocycles. The molecule has 0 unspecified atom stereocenters. The van der Waals surface area contributed by atoms with Gasteiger partial charge in [0.15, 0.2) is 5.65 Å². The molecule has 7 nitrogen and oxygen atoms in total. The molecule has 0 bridgehead atoms. The summed E-state index contributed by atoms with van der Waals surface area (Å²) in [4.78, 5) is 22.0. The highest BCUT2D eigenvalue weighted by molar-refractivity contribution is 5.74. The first kappa shape index (κ1) is 17.0. The molecule has 1 saturated carbocycles. The van der Waals surface area contributed by atoms with E-state index in [9.17, 15) is 4.79 Å². The van der Waals surface area contributed by atoms with Gasteiger partial charge in [-0.1, -0.05) is 13.8 Å². The summed E-state index contributed by atoms with van der Waals surface area (Å²) in [6.45, 7) is 7.22. The minimum Gasteiger partial charge on any atom is -0.378 e. The summed E-state index contributed by atoms with van der Waals surface area (Å²) in [6.07, 6.45) is 4.88. The highest BCUT2D eigenvalue weighted by Crippen LogP contribution is 2.51. The van der Waals surface area contributed by atoms with E-state index in [4.69, 9.17) is 4.74 Å². The number of rotatable bonds is 6. The number of aromatic amines is 1. The van der Waals surface area contributed by atoms with Gasteiger partial charge in [-0.05, 0) is 26.2 Å². The minimum absolute atomic E-state index is 0.102. The fourth-order valence-corrected chi connectivity index (χ4v) is 4.22. The number of ether oxygens (including phenoxy) is 1. The Bertz CT molecular complexity index is 777. The number of hydrogen-bond donors (Lipinski definition) is 1. The number of fused-ring (bicyclic) bond motifs is 1. The summed E-state index contributed by atoms with van der Waals surface area (Å²) in [5, 5.41) is 4.65. The van der Waals surface area contributed by atoms with Gasteiger partial charge in [-0.25, -0.2) is 0 Å². The molecule has 2 atom stereocenters. The van der Waals surface area contributed by atoms with Crippen molar-refractivity contribution in [2.24, 2.45) is 12.5 Å². The molecule has 0 aromatic carbocycles. The molecular formula is C17H27N5O2. The molecule has 1 aliphatic rings. The van der Waals surface area contributed by atoms with Crippen molar-refractivity contribution in [3.05, 3.63) is 16.6 Å². The minimum atomic E-state index is -0.144. The number of hydrogen-bond acceptors (Lipinski definition) is 5. The summed E-state index contributed by atoms with van der Waals surface area (Å²) < 4.78 is 7.60. The van der Waals surface area contributed by atoms with Crippen molar-refractivity contribution in [3.63, 3.8) is 0 Å². The average molecular weight is 333 g/mol. The lowest BCUT2D eigenvalue weighted by Crippen LogP contribution is -2.64. The zero-order valence-electron chi connectivity index (χ0n) is 15.2. The maximum atomic E-state index is 12.3.